The van der Waals surface area contributed by atoms with Gasteiger partial charge in [0.1, 0.15) is 48.8 Å². The Labute approximate surface area is 222 Å². The number of rotatable bonds is 8. The van der Waals surface area contributed by atoms with Crippen molar-refractivity contribution in [3.8, 4) is 0 Å². The van der Waals surface area contributed by atoms with Crippen LogP contribution in [0.5, 0.6) is 0 Å². The lowest BCUT2D eigenvalue weighted by Crippen LogP contribution is -2.38. The van der Waals surface area contributed by atoms with Gasteiger partial charge in [-0.05, 0) is 6.92 Å². The third-order valence-corrected chi connectivity index (χ3v) is 7.31. The molecule has 20 nitrogen and oxygen atoms in total. The molecule has 9 atom stereocenters. The monoisotopic (exact) mass is 588 g/mol. The zero-order valence-corrected chi connectivity index (χ0v) is 21.4. The molecule has 2 aliphatic rings. The van der Waals surface area contributed by atoms with Crippen molar-refractivity contribution >= 4 is 24.9 Å². The summed E-state index contributed by atoms with van der Waals surface area (Å²) in [5, 5.41) is 41.3. The average Bonchev–Trinajstić information content (AvgIpc) is 3.53. The number of nitrogens with one attached hydrogen (secondary N) is 1. The number of anilines is 1. The number of aliphatic hydroxyl groups excluding tert-OH is 4. The van der Waals surface area contributed by atoms with Gasteiger partial charge in [0.2, 0.25) is 5.95 Å². The van der Waals surface area contributed by atoms with Crippen LogP contribution in [0.15, 0.2) is 22.2 Å². The summed E-state index contributed by atoms with van der Waals surface area (Å²) in [6, 6.07) is 0. The quantitative estimate of drug-likeness (QED) is 0.123. The van der Waals surface area contributed by atoms with Crippen molar-refractivity contribution in [1.29, 1.82) is 0 Å². The van der Waals surface area contributed by atoms with Crippen LogP contribution in [0.1, 0.15) is 18.3 Å². The van der Waals surface area contributed by atoms with Crippen LogP contribution in [0.25, 0.3) is 11.2 Å². The first-order chi connectivity index (χ1) is 18.9. The number of fused-ring (bicyclic) bond motifs is 1. The van der Waals surface area contributed by atoms with Crippen LogP contribution in [0.3, 0.4) is 0 Å². The third-order valence-electron chi connectivity index (χ3n) is 6.33. The van der Waals surface area contributed by atoms with Crippen LogP contribution in [0, 0.1) is 6.92 Å². The average molecular weight is 588 g/mol. The molecule has 3 aromatic heterocycles. The van der Waals surface area contributed by atoms with Gasteiger partial charge in [-0.2, -0.15) is 4.98 Å². The number of nitrogens with zero attached hydrogens (tertiary/aromatic N) is 6. The number of phosphoric ester groups is 1. The number of imidazole rings is 1. The number of aryl methyl sites for hydroxylation is 1. The number of ether oxygens (including phenoxy) is 2. The van der Waals surface area contributed by atoms with Crippen molar-refractivity contribution in [2.75, 3.05) is 18.9 Å². The summed E-state index contributed by atoms with van der Waals surface area (Å²) in [5.74, 6) is -0.0701. The Bertz CT molecular complexity index is 1560. The highest BCUT2D eigenvalue weighted by molar-refractivity contribution is 7.47. The first kappa shape index (κ1) is 28.4. The molecule has 3 aromatic rings. The summed E-state index contributed by atoms with van der Waals surface area (Å²) < 4.78 is 35.7. The Hall–Kier alpha value is -3.17. The lowest BCUT2D eigenvalue weighted by Gasteiger charge is -2.23. The molecular weight excluding hydrogens is 563 g/mol. The van der Waals surface area contributed by atoms with E-state index in [4.69, 9.17) is 24.3 Å². The molecule has 218 valence electrons. The molecule has 40 heavy (non-hydrogen) atoms. The van der Waals surface area contributed by atoms with Gasteiger partial charge in [0.15, 0.2) is 23.6 Å². The van der Waals surface area contributed by atoms with Gasteiger partial charge in [0, 0.05) is 0 Å². The Kier molecular flexibility index (Phi) is 7.56. The molecule has 0 bridgehead atoms. The highest BCUT2D eigenvalue weighted by Gasteiger charge is 2.50. The number of phosphoric acid groups is 1. The summed E-state index contributed by atoms with van der Waals surface area (Å²) in [4.78, 5) is 52.2. The molecule has 0 amide bonds. The van der Waals surface area contributed by atoms with E-state index in [0.717, 1.165) is 10.9 Å². The fraction of sp³-hybridized carbons (Fsp3) is 0.579. The molecule has 2 saturated heterocycles. The zero-order chi connectivity index (χ0) is 28.9. The molecule has 2 fully saturated rings. The molecule has 3 unspecified atom stereocenters. The maximum Gasteiger partial charge on any atom is 0.472 e. The van der Waals surface area contributed by atoms with E-state index in [1.54, 1.807) is 0 Å². The fourth-order valence-electron chi connectivity index (χ4n) is 4.43. The van der Waals surface area contributed by atoms with E-state index in [-0.39, 0.29) is 22.9 Å². The number of aliphatic hydroxyl groups is 4. The number of hydrogen-bond donors (Lipinski definition) is 7. The summed E-state index contributed by atoms with van der Waals surface area (Å²) in [5.41, 5.74) is 3.91. The van der Waals surface area contributed by atoms with Crippen LogP contribution < -0.4 is 17.0 Å². The lowest BCUT2D eigenvalue weighted by molar-refractivity contribution is -0.0596. The summed E-state index contributed by atoms with van der Waals surface area (Å²) >= 11 is 0. The normalized spacial score (nSPS) is 32.0. The van der Waals surface area contributed by atoms with Crippen molar-refractivity contribution < 1.29 is 48.4 Å². The highest BCUT2D eigenvalue weighted by atomic mass is 31.2. The summed E-state index contributed by atoms with van der Waals surface area (Å²) in [7, 11) is -5.04. The van der Waals surface area contributed by atoms with Gasteiger partial charge >= 0.3 is 13.5 Å². The molecule has 21 heteroatoms. The van der Waals surface area contributed by atoms with Crippen molar-refractivity contribution in [3.63, 3.8) is 0 Å². The Balaban J connectivity index is 1.27. The predicted octanol–water partition coefficient (Wildman–Crippen LogP) is -3.97. The third kappa shape index (κ3) is 5.17. The summed E-state index contributed by atoms with van der Waals surface area (Å²) in [6.45, 7) is -0.0211. The van der Waals surface area contributed by atoms with E-state index < -0.39 is 81.4 Å². The Morgan fingerprint density at radius 1 is 1.05 bits per heavy atom. The fourth-order valence-corrected chi connectivity index (χ4v) is 5.39. The number of nitrogen functional groups attached to an aromatic ring is 1. The topological polar surface area (TPSA) is 293 Å². The lowest BCUT2D eigenvalue weighted by atomic mass is 10.1. The van der Waals surface area contributed by atoms with Crippen molar-refractivity contribution in [2.45, 2.75) is 56.0 Å². The minimum atomic E-state index is -5.04. The zero-order valence-electron chi connectivity index (χ0n) is 20.5. The Morgan fingerprint density at radius 3 is 2.42 bits per heavy atom. The smallest absolute Gasteiger partial charge is 0.394 e. The maximum absolute atomic E-state index is 12.7. The SMILES string of the molecule is Cc1nc2c(ncn2[C@@H]2O[C@H](COP(=O)(O)OC3[C@@H](CO)O[C@@H](n4cnc(N)nc4=O)[C@H]3O)C(O)[C@@H]2O)c(=O)[nH]1. The van der Waals surface area contributed by atoms with E-state index in [1.165, 1.54) is 17.8 Å². The van der Waals surface area contributed by atoms with Gasteiger partial charge in [-0.3, -0.25) is 23.0 Å². The van der Waals surface area contributed by atoms with Gasteiger partial charge in [-0.15, -0.1) is 0 Å². The van der Waals surface area contributed by atoms with Crippen LogP contribution in [-0.2, 0) is 23.1 Å². The first-order valence-electron chi connectivity index (χ1n) is 11.7. The van der Waals surface area contributed by atoms with Crippen molar-refractivity contribution in [2.24, 2.45) is 0 Å². The molecule has 0 saturated carbocycles. The van der Waals surface area contributed by atoms with Gasteiger partial charge in [0.05, 0.1) is 19.5 Å². The van der Waals surface area contributed by atoms with Crippen LogP contribution in [0.4, 0.5) is 5.95 Å². The molecule has 0 spiro atoms. The molecule has 2 aliphatic heterocycles. The predicted molar refractivity (Wildman–Crippen MR) is 127 cm³/mol. The standard InChI is InChI=1S/C19H25N8O12P/c1-6-23-14-9(15(32)24-6)21-4-26(14)16-11(30)10(29)8(38-16)3-36-40(34,35)39-13-7(2-28)37-17(12(13)31)27-5-22-18(20)25-19(27)33/h4-5,7-8,10-13,16-17,28-31H,2-3H2,1H3,(H,34,35)(H2,20,25,33)(H,23,24,32)/t7-,8-,10?,11+,12+,13?,16-,17-/m1/s1. The Morgan fingerprint density at radius 2 is 1.73 bits per heavy atom. The largest absolute Gasteiger partial charge is 0.472 e. The van der Waals surface area contributed by atoms with Crippen LogP contribution in [-0.4, -0.2) is 109 Å². The second-order valence-corrected chi connectivity index (χ2v) is 10.4. The summed E-state index contributed by atoms with van der Waals surface area (Å²) in [6.07, 6.45) is -10.0. The van der Waals surface area contributed by atoms with E-state index in [1.807, 2.05) is 0 Å². The second kappa shape index (κ2) is 10.7. The van der Waals surface area contributed by atoms with Gasteiger partial charge in [-0.25, -0.2) is 24.3 Å². The molecule has 0 radical (unpaired) electrons. The van der Waals surface area contributed by atoms with E-state index >= 15 is 0 Å². The minimum Gasteiger partial charge on any atom is -0.394 e. The maximum atomic E-state index is 12.7. The molecule has 5 rings (SSSR count). The molecule has 0 aromatic carbocycles. The number of nitrogens with two attached hydrogens (primary N) is 1. The van der Waals surface area contributed by atoms with E-state index in [0.29, 0.717) is 0 Å². The number of H-pyrrole nitrogens is 1. The van der Waals surface area contributed by atoms with Crippen LogP contribution in [0.2, 0.25) is 0 Å². The first-order valence-corrected chi connectivity index (χ1v) is 13.2. The molecular formula is C19H25N8O12P. The number of hydrogen-bond acceptors (Lipinski definition) is 16. The minimum absolute atomic E-state index is 0.0364. The van der Waals surface area contributed by atoms with Gasteiger partial charge < -0.3 is 45.5 Å². The van der Waals surface area contributed by atoms with Gasteiger partial charge in [0.25, 0.3) is 5.56 Å². The molecule has 0 aliphatic carbocycles. The second-order valence-electron chi connectivity index (χ2n) is 9.00. The van der Waals surface area contributed by atoms with E-state index in [2.05, 4.69) is 24.9 Å². The van der Waals surface area contributed by atoms with E-state index in [9.17, 15) is 39.5 Å². The number of aromatic nitrogens is 7. The van der Waals surface area contributed by atoms with Crippen molar-refractivity contribution in [3.05, 3.63) is 39.3 Å². The number of aromatic amines is 1. The highest BCUT2D eigenvalue weighted by Crippen LogP contribution is 2.49. The van der Waals surface area contributed by atoms with Crippen molar-refractivity contribution in [1.82, 2.24) is 34.1 Å². The van der Waals surface area contributed by atoms with Crippen LogP contribution >= 0.6 is 7.82 Å². The molecule has 8 N–H and O–H groups in total. The molecule has 5 heterocycles. The van der Waals surface area contributed by atoms with Gasteiger partial charge in [-0.1, -0.05) is 0 Å².